The van der Waals surface area contributed by atoms with Gasteiger partial charge in [-0.25, -0.2) is 4.98 Å². The van der Waals surface area contributed by atoms with E-state index in [1.807, 2.05) is 32.2 Å². The number of fused-ring (bicyclic) bond motifs is 1. The van der Waals surface area contributed by atoms with Gasteiger partial charge in [-0.05, 0) is 61.7 Å². The van der Waals surface area contributed by atoms with Crippen LogP contribution in [-0.2, 0) is 0 Å². The molecule has 1 aromatic carbocycles. The number of aromatic nitrogens is 2. The predicted octanol–water partition coefficient (Wildman–Crippen LogP) is 6.12. The molecule has 2 heterocycles. The van der Waals surface area contributed by atoms with E-state index in [1.54, 1.807) is 17.4 Å². The van der Waals surface area contributed by atoms with Crippen molar-refractivity contribution in [3.63, 3.8) is 0 Å². The molecular weight excluding hydrogens is 312 g/mol. The summed E-state index contributed by atoms with van der Waals surface area (Å²) in [6, 6.07) is 8.51. The van der Waals surface area contributed by atoms with Gasteiger partial charge in [0.05, 0.1) is 20.9 Å². The van der Waals surface area contributed by atoms with E-state index in [2.05, 4.69) is 48.8 Å². The summed E-state index contributed by atoms with van der Waals surface area (Å²) in [4.78, 5) is 9.28. The molecule has 2 nitrogen and oxygen atoms in total. The normalized spacial score (nSPS) is 12.2. The highest BCUT2D eigenvalue weighted by Gasteiger charge is 2.13. The van der Waals surface area contributed by atoms with Gasteiger partial charge in [-0.3, -0.25) is 4.98 Å². The number of hydrogen-bond donors (Lipinski definition) is 0. The zero-order valence-electron chi connectivity index (χ0n) is 14.2. The first-order valence-corrected chi connectivity index (χ1v) is 8.74. The molecule has 0 amide bonds. The fraction of sp³-hybridized carbons (Fsp3) is 0.143. The second-order valence-corrected chi connectivity index (χ2v) is 6.87. The van der Waals surface area contributed by atoms with Crippen LogP contribution in [0.15, 0.2) is 61.3 Å². The maximum atomic E-state index is 4.70. The summed E-state index contributed by atoms with van der Waals surface area (Å²) >= 11 is 1.72. The lowest BCUT2D eigenvalue weighted by Gasteiger charge is -2.08. The Labute approximate surface area is 146 Å². The van der Waals surface area contributed by atoms with Gasteiger partial charge in [0.15, 0.2) is 0 Å². The minimum absolute atomic E-state index is 0.994. The lowest BCUT2D eigenvalue weighted by molar-refractivity contribution is 1.29. The molecule has 2 aromatic heterocycles. The van der Waals surface area contributed by atoms with Gasteiger partial charge in [-0.15, -0.1) is 11.3 Å². The van der Waals surface area contributed by atoms with Crippen molar-refractivity contribution in [2.24, 2.45) is 0 Å². The summed E-state index contributed by atoms with van der Waals surface area (Å²) in [5.74, 6) is 0. The third-order valence-electron chi connectivity index (χ3n) is 3.84. The number of allylic oxidation sites excluding steroid dienone is 5. The van der Waals surface area contributed by atoms with Crippen LogP contribution in [0, 0.1) is 13.8 Å². The first-order chi connectivity index (χ1) is 11.6. The maximum Gasteiger partial charge on any atom is 0.0908 e. The molecule has 3 aromatic rings. The number of pyridine rings is 1. The average Bonchev–Trinajstić information content (AvgIpc) is 2.95. The monoisotopic (exact) mass is 332 g/mol. The number of benzene rings is 1. The molecule has 0 saturated heterocycles. The van der Waals surface area contributed by atoms with Crippen LogP contribution >= 0.6 is 11.3 Å². The number of aryl methyl sites for hydroxylation is 2. The molecule has 3 rings (SSSR count). The highest BCUT2D eigenvalue weighted by atomic mass is 32.1. The molecule has 3 heteroatoms. The first kappa shape index (κ1) is 16.3. The molecule has 0 spiro atoms. The summed E-state index contributed by atoms with van der Waals surface area (Å²) in [5.41, 5.74) is 6.66. The molecule has 0 atom stereocenters. The Hall–Kier alpha value is -2.52. The molecule has 0 N–H and O–H groups in total. The van der Waals surface area contributed by atoms with E-state index in [1.165, 1.54) is 10.3 Å². The summed E-state index contributed by atoms with van der Waals surface area (Å²) < 4.78 is 1.19. The van der Waals surface area contributed by atoms with Crippen LogP contribution in [0.2, 0.25) is 0 Å². The molecule has 0 unspecified atom stereocenters. The van der Waals surface area contributed by atoms with Crippen molar-refractivity contribution >= 4 is 27.1 Å². The van der Waals surface area contributed by atoms with Crippen LogP contribution < -0.4 is 0 Å². The smallest absolute Gasteiger partial charge is 0.0908 e. The zero-order chi connectivity index (χ0) is 17.1. The Morgan fingerprint density at radius 1 is 1.21 bits per heavy atom. The standard InChI is InChI=1S/C21H20N2S/c1-5-7-8-16(6-2)17-12-18(19-11-14(3)9-10-22-19)21-20(13-17)23-15(4)24-21/h5-13H,1H2,2-4H3/b8-7-,16-6+. The first-order valence-electron chi connectivity index (χ1n) is 7.92. The average molecular weight is 332 g/mol. The lowest BCUT2D eigenvalue weighted by atomic mass is 9.99. The Morgan fingerprint density at radius 2 is 2.04 bits per heavy atom. The van der Waals surface area contributed by atoms with Crippen molar-refractivity contribution in [1.29, 1.82) is 0 Å². The van der Waals surface area contributed by atoms with Crippen molar-refractivity contribution in [1.82, 2.24) is 9.97 Å². The summed E-state index contributed by atoms with van der Waals surface area (Å²) in [6.45, 7) is 9.94. The molecule has 24 heavy (non-hydrogen) atoms. The van der Waals surface area contributed by atoms with Crippen LogP contribution in [0.25, 0.3) is 27.0 Å². The molecule has 0 aliphatic rings. The number of thiazole rings is 1. The molecule has 0 aliphatic carbocycles. The molecule has 0 saturated carbocycles. The topological polar surface area (TPSA) is 25.8 Å². The summed E-state index contributed by atoms with van der Waals surface area (Å²) in [7, 11) is 0. The van der Waals surface area contributed by atoms with E-state index < -0.39 is 0 Å². The van der Waals surface area contributed by atoms with E-state index >= 15 is 0 Å². The third kappa shape index (κ3) is 3.22. The zero-order valence-corrected chi connectivity index (χ0v) is 15.0. The molecule has 0 bridgehead atoms. The molecular formula is C21H20N2S. The van der Waals surface area contributed by atoms with Gasteiger partial charge in [-0.2, -0.15) is 0 Å². The van der Waals surface area contributed by atoms with Crippen molar-refractivity contribution in [2.45, 2.75) is 20.8 Å². The molecule has 0 fully saturated rings. The Kier molecular flexibility index (Phi) is 4.72. The Bertz CT molecular complexity index is 961. The van der Waals surface area contributed by atoms with E-state index in [0.717, 1.165) is 32.9 Å². The summed E-state index contributed by atoms with van der Waals surface area (Å²) in [5, 5.41) is 1.07. The Balaban J connectivity index is 2.27. The van der Waals surface area contributed by atoms with Crippen molar-refractivity contribution < 1.29 is 0 Å². The lowest BCUT2D eigenvalue weighted by Crippen LogP contribution is -1.89. The van der Waals surface area contributed by atoms with Crippen molar-refractivity contribution in [3.05, 3.63) is 77.5 Å². The highest BCUT2D eigenvalue weighted by molar-refractivity contribution is 7.19. The van der Waals surface area contributed by atoms with Gasteiger partial charge in [0.2, 0.25) is 0 Å². The minimum Gasteiger partial charge on any atom is -0.256 e. The van der Waals surface area contributed by atoms with Crippen molar-refractivity contribution in [3.8, 4) is 11.3 Å². The summed E-state index contributed by atoms with van der Waals surface area (Å²) in [6.07, 6.45) is 9.79. The molecule has 0 radical (unpaired) electrons. The fourth-order valence-electron chi connectivity index (χ4n) is 2.72. The van der Waals surface area contributed by atoms with E-state index in [-0.39, 0.29) is 0 Å². The Morgan fingerprint density at radius 3 is 2.75 bits per heavy atom. The van der Waals surface area contributed by atoms with Crippen LogP contribution in [0.4, 0.5) is 0 Å². The molecule has 120 valence electrons. The van der Waals surface area contributed by atoms with Gasteiger partial charge >= 0.3 is 0 Å². The van der Waals surface area contributed by atoms with E-state index in [9.17, 15) is 0 Å². The van der Waals surface area contributed by atoms with Gasteiger partial charge in [-0.1, -0.05) is 30.9 Å². The highest BCUT2D eigenvalue weighted by Crippen LogP contribution is 2.35. The quantitative estimate of drug-likeness (QED) is 0.538. The van der Waals surface area contributed by atoms with Gasteiger partial charge in [0.25, 0.3) is 0 Å². The SMILES string of the molecule is C=C/C=C\C(=C/C)c1cc(-c2cc(C)ccn2)c2sc(C)nc2c1. The third-order valence-corrected chi connectivity index (χ3v) is 4.86. The predicted molar refractivity (Wildman–Crippen MR) is 105 cm³/mol. The van der Waals surface area contributed by atoms with Gasteiger partial charge in [0, 0.05) is 11.8 Å². The second kappa shape index (κ2) is 6.93. The largest absolute Gasteiger partial charge is 0.256 e. The molecule has 0 aliphatic heterocycles. The van der Waals surface area contributed by atoms with Crippen LogP contribution in [0.5, 0.6) is 0 Å². The van der Waals surface area contributed by atoms with Crippen LogP contribution in [0.3, 0.4) is 0 Å². The van der Waals surface area contributed by atoms with E-state index in [0.29, 0.717) is 0 Å². The minimum atomic E-state index is 0.994. The number of hydrogen-bond acceptors (Lipinski definition) is 3. The number of rotatable bonds is 4. The van der Waals surface area contributed by atoms with Crippen LogP contribution in [-0.4, -0.2) is 9.97 Å². The maximum absolute atomic E-state index is 4.70. The van der Waals surface area contributed by atoms with E-state index in [4.69, 9.17) is 4.98 Å². The number of nitrogens with zero attached hydrogens (tertiary/aromatic N) is 2. The van der Waals surface area contributed by atoms with Crippen LogP contribution in [0.1, 0.15) is 23.1 Å². The van der Waals surface area contributed by atoms with Gasteiger partial charge < -0.3 is 0 Å². The second-order valence-electron chi connectivity index (χ2n) is 5.66. The fourth-order valence-corrected chi connectivity index (χ4v) is 3.64. The van der Waals surface area contributed by atoms with Crippen molar-refractivity contribution in [2.75, 3.05) is 0 Å². The van der Waals surface area contributed by atoms with Gasteiger partial charge in [0.1, 0.15) is 0 Å².